The first-order valence-corrected chi connectivity index (χ1v) is 9.01. The maximum Gasteiger partial charge on any atom is 0.123 e. The van der Waals surface area contributed by atoms with E-state index in [4.69, 9.17) is 0 Å². The lowest BCUT2D eigenvalue weighted by molar-refractivity contribution is 0.128. The summed E-state index contributed by atoms with van der Waals surface area (Å²) >= 11 is 0. The molecule has 0 amide bonds. The smallest absolute Gasteiger partial charge is 0.123 e. The summed E-state index contributed by atoms with van der Waals surface area (Å²) in [6, 6.07) is 7.55. The van der Waals surface area contributed by atoms with Crippen LogP contribution in [0.2, 0.25) is 0 Å². The lowest BCUT2D eigenvalue weighted by Gasteiger charge is -2.36. The predicted molar refractivity (Wildman–Crippen MR) is 89.6 cm³/mol. The van der Waals surface area contributed by atoms with Gasteiger partial charge >= 0.3 is 0 Å². The molecular weight excluding hydrogens is 294 g/mol. The van der Waals surface area contributed by atoms with E-state index in [1.165, 1.54) is 24.9 Å². The lowest BCUT2D eigenvalue weighted by Crippen LogP contribution is -2.44. The number of hydrogen-bond acceptors (Lipinski definition) is 2. The fourth-order valence-electron chi connectivity index (χ4n) is 4.11. The van der Waals surface area contributed by atoms with Gasteiger partial charge in [-0.25, -0.2) is 4.39 Å². The van der Waals surface area contributed by atoms with E-state index in [0.717, 1.165) is 44.9 Å². The Labute approximate surface area is 138 Å². The van der Waals surface area contributed by atoms with Crippen LogP contribution in [-0.4, -0.2) is 48.7 Å². The summed E-state index contributed by atoms with van der Waals surface area (Å²) in [6.45, 7) is 5.30. The van der Waals surface area contributed by atoms with Gasteiger partial charge in [-0.2, -0.15) is 0 Å². The number of fused-ring (bicyclic) bond motifs is 4. The van der Waals surface area contributed by atoms with Crippen molar-refractivity contribution in [1.29, 1.82) is 0 Å². The average Bonchev–Trinajstić information content (AvgIpc) is 2.84. The zero-order valence-electron chi connectivity index (χ0n) is 13.9. The quantitative estimate of drug-likeness (QED) is 0.703. The molecule has 0 spiro atoms. The largest absolute Gasteiger partial charge is 0.299 e. The molecule has 128 valence electrons. The highest BCUT2D eigenvalue weighted by Crippen LogP contribution is 2.29. The van der Waals surface area contributed by atoms with E-state index in [9.17, 15) is 8.78 Å². The molecule has 2 nitrogen and oxygen atoms in total. The van der Waals surface area contributed by atoms with Crippen LogP contribution >= 0.6 is 0 Å². The van der Waals surface area contributed by atoms with Gasteiger partial charge in [0.1, 0.15) is 5.82 Å². The van der Waals surface area contributed by atoms with Gasteiger partial charge in [-0.1, -0.05) is 12.1 Å². The number of rotatable bonds is 7. The molecule has 2 bridgehead atoms. The fraction of sp³-hybridized carbons (Fsp3) is 0.684. The van der Waals surface area contributed by atoms with Crippen molar-refractivity contribution in [3.8, 4) is 0 Å². The molecule has 3 saturated heterocycles. The molecule has 23 heavy (non-hydrogen) atoms. The van der Waals surface area contributed by atoms with Crippen molar-refractivity contribution in [2.24, 2.45) is 5.92 Å². The molecule has 3 fully saturated rings. The summed E-state index contributed by atoms with van der Waals surface area (Å²) in [4.78, 5) is 5.17. The van der Waals surface area contributed by atoms with Gasteiger partial charge in [0.2, 0.25) is 0 Å². The maximum atomic E-state index is 13.0. The van der Waals surface area contributed by atoms with Crippen molar-refractivity contribution in [3.05, 3.63) is 35.6 Å². The molecule has 3 heterocycles. The predicted octanol–water partition coefficient (Wildman–Crippen LogP) is 3.86. The molecule has 4 rings (SSSR count). The molecular formula is C19H28F2N2. The van der Waals surface area contributed by atoms with Gasteiger partial charge < -0.3 is 0 Å². The van der Waals surface area contributed by atoms with Crippen molar-refractivity contribution < 1.29 is 8.78 Å². The van der Waals surface area contributed by atoms with E-state index >= 15 is 0 Å². The first-order valence-electron chi connectivity index (χ1n) is 9.01. The van der Waals surface area contributed by atoms with Crippen molar-refractivity contribution in [2.45, 2.75) is 44.7 Å². The molecule has 4 heteroatoms. The highest BCUT2D eigenvalue weighted by molar-refractivity contribution is 5.16. The van der Waals surface area contributed by atoms with Crippen molar-refractivity contribution in [1.82, 2.24) is 9.80 Å². The summed E-state index contributed by atoms with van der Waals surface area (Å²) in [6.07, 6.45) is 5.44. The van der Waals surface area contributed by atoms with E-state index in [2.05, 4.69) is 9.80 Å². The molecule has 3 aliphatic rings. The highest BCUT2D eigenvalue weighted by atomic mass is 19.1. The van der Waals surface area contributed by atoms with Crippen LogP contribution in [0.3, 0.4) is 0 Å². The summed E-state index contributed by atoms with van der Waals surface area (Å²) in [5.74, 6) is 0.583. The molecule has 0 N–H and O–H groups in total. The first kappa shape index (κ1) is 16.8. The van der Waals surface area contributed by atoms with Gasteiger partial charge in [-0.15, -0.1) is 0 Å². The molecule has 0 aliphatic carbocycles. The third-order valence-corrected chi connectivity index (χ3v) is 5.30. The monoisotopic (exact) mass is 322 g/mol. The molecule has 1 aromatic carbocycles. The van der Waals surface area contributed by atoms with Crippen LogP contribution in [0.5, 0.6) is 0 Å². The summed E-state index contributed by atoms with van der Waals surface area (Å²) in [5.41, 5.74) is 1.20. The summed E-state index contributed by atoms with van der Waals surface area (Å²) in [7, 11) is 0. The highest BCUT2D eigenvalue weighted by Gasteiger charge is 2.34. The normalized spacial score (nSPS) is 25.7. The Bertz CT molecular complexity index is 477. The Balaban J connectivity index is 1.54. The van der Waals surface area contributed by atoms with Crippen LogP contribution < -0.4 is 0 Å². The zero-order valence-corrected chi connectivity index (χ0v) is 13.9. The average molecular weight is 322 g/mol. The molecule has 3 aliphatic heterocycles. The van der Waals surface area contributed by atoms with E-state index < -0.39 is 0 Å². The number of nitrogens with zero attached hydrogens (tertiary/aromatic N) is 2. The third-order valence-electron chi connectivity index (χ3n) is 5.30. The van der Waals surface area contributed by atoms with Gasteiger partial charge in [-0.05, 0) is 62.3 Å². The first-order chi connectivity index (χ1) is 11.2. The van der Waals surface area contributed by atoms with Crippen molar-refractivity contribution in [3.63, 3.8) is 0 Å². The van der Waals surface area contributed by atoms with E-state index in [1.54, 1.807) is 12.1 Å². The summed E-state index contributed by atoms with van der Waals surface area (Å²) < 4.78 is 25.3. The summed E-state index contributed by atoms with van der Waals surface area (Å²) in [5, 5.41) is 0. The van der Waals surface area contributed by atoms with Crippen molar-refractivity contribution >= 4 is 0 Å². The number of piperidine rings is 1. The van der Waals surface area contributed by atoms with Gasteiger partial charge in [0, 0.05) is 32.2 Å². The number of hydrogen-bond donors (Lipinski definition) is 0. The van der Waals surface area contributed by atoms with Crippen LogP contribution in [0.1, 0.15) is 37.7 Å². The second-order valence-corrected chi connectivity index (χ2v) is 7.16. The van der Waals surface area contributed by atoms with E-state index in [0.29, 0.717) is 12.5 Å². The Kier molecular flexibility index (Phi) is 6.01. The molecule has 0 unspecified atom stereocenters. The Morgan fingerprint density at radius 2 is 1.78 bits per heavy atom. The van der Waals surface area contributed by atoms with E-state index in [1.807, 2.05) is 12.1 Å². The molecule has 0 radical (unpaired) electrons. The number of benzene rings is 1. The molecule has 1 aromatic rings. The van der Waals surface area contributed by atoms with Crippen LogP contribution in [0.4, 0.5) is 8.78 Å². The minimum atomic E-state index is -0.183. The molecule has 0 aromatic heterocycles. The van der Waals surface area contributed by atoms with Crippen LogP contribution in [-0.2, 0) is 6.54 Å². The van der Waals surface area contributed by atoms with Crippen LogP contribution in [0.25, 0.3) is 0 Å². The standard InChI is InChI=1S/C19H28F2N2/c20-10-2-1-3-11-23-14-17-6-9-19(23)15-22(13-17)12-16-4-7-18(21)8-5-16/h4-5,7-8,17,19H,1-3,6,9-15H2/t17-,19+/m1/s1. The van der Waals surface area contributed by atoms with Gasteiger partial charge in [0.25, 0.3) is 0 Å². The fourth-order valence-corrected chi connectivity index (χ4v) is 4.11. The van der Waals surface area contributed by atoms with Gasteiger partial charge in [-0.3, -0.25) is 14.2 Å². The van der Waals surface area contributed by atoms with Gasteiger partial charge in [0.15, 0.2) is 0 Å². The zero-order chi connectivity index (χ0) is 16.1. The van der Waals surface area contributed by atoms with E-state index in [-0.39, 0.29) is 12.5 Å². The van der Waals surface area contributed by atoms with Crippen LogP contribution in [0, 0.1) is 11.7 Å². The SMILES string of the molecule is FCCCCCN1C[C@@H]2CC[C@H]1CN(Cc1ccc(F)cc1)C2. The maximum absolute atomic E-state index is 13.0. The third kappa shape index (κ3) is 4.74. The lowest BCUT2D eigenvalue weighted by atomic mass is 9.95. The second kappa shape index (κ2) is 8.20. The van der Waals surface area contributed by atoms with Crippen molar-refractivity contribution in [2.75, 3.05) is 32.9 Å². The van der Waals surface area contributed by atoms with Crippen LogP contribution in [0.15, 0.2) is 24.3 Å². The van der Waals surface area contributed by atoms with Gasteiger partial charge in [0.05, 0.1) is 6.67 Å². The minimum Gasteiger partial charge on any atom is -0.299 e. The number of halogens is 2. The topological polar surface area (TPSA) is 6.48 Å². The Morgan fingerprint density at radius 3 is 2.57 bits per heavy atom. The minimum absolute atomic E-state index is 0.163. The molecule has 0 saturated carbocycles. The molecule has 2 atom stereocenters. The Hall–Kier alpha value is -1.00. The second-order valence-electron chi connectivity index (χ2n) is 7.16. The Morgan fingerprint density at radius 1 is 0.957 bits per heavy atom. The number of unbranched alkanes of at least 4 members (excludes halogenated alkanes) is 2. The number of alkyl halides is 1.